The lowest BCUT2D eigenvalue weighted by molar-refractivity contribution is -0.0774. The summed E-state index contributed by atoms with van der Waals surface area (Å²) in [6, 6.07) is 8.54. The van der Waals surface area contributed by atoms with Gasteiger partial charge in [-0.1, -0.05) is 44.0 Å². The molecule has 1 aliphatic heterocycles. The van der Waals surface area contributed by atoms with Gasteiger partial charge in [0, 0.05) is 13.1 Å². The highest BCUT2D eigenvalue weighted by molar-refractivity contribution is 5.27. The predicted molar refractivity (Wildman–Crippen MR) is 84.4 cm³/mol. The zero-order valence-corrected chi connectivity index (χ0v) is 13.1. The van der Waals surface area contributed by atoms with Gasteiger partial charge in [-0.2, -0.15) is 0 Å². The zero-order valence-electron chi connectivity index (χ0n) is 13.1. The van der Waals surface area contributed by atoms with Gasteiger partial charge in [0.15, 0.2) is 0 Å². The quantitative estimate of drug-likeness (QED) is 0.925. The van der Waals surface area contributed by atoms with Crippen LogP contribution in [-0.2, 0) is 11.2 Å². The first-order chi connectivity index (χ1) is 10.3. The Hall–Kier alpha value is -0.900. The molecule has 3 heteroatoms. The smallest absolute Gasteiger partial charge is 0.0973 e. The van der Waals surface area contributed by atoms with E-state index in [1.807, 2.05) is 0 Å². The molecule has 2 aliphatic rings. The number of aliphatic hydroxyl groups is 1. The summed E-state index contributed by atoms with van der Waals surface area (Å²) in [5, 5.41) is 11.1. The molecule has 1 heterocycles. The molecule has 3 rings (SSSR count). The van der Waals surface area contributed by atoms with E-state index < -0.39 is 0 Å². The van der Waals surface area contributed by atoms with E-state index in [1.54, 1.807) is 0 Å². The summed E-state index contributed by atoms with van der Waals surface area (Å²) in [5.74, 6) is 0. The Balaban J connectivity index is 1.84. The molecule has 3 nitrogen and oxygen atoms in total. The molecular formula is C18H27NO2. The predicted octanol–water partition coefficient (Wildman–Crippen LogP) is 2.93. The highest BCUT2D eigenvalue weighted by atomic mass is 16.5. The van der Waals surface area contributed by atoms with E-state index in [9.17, 15) is 5.11 Å². The van der Waals surface area contributed by atoms with Crippen LogP contribution < -0.4 is 0 Å². The summed E-state index contributed by atoms with van der Waals surface area (Å²) in [7, 11) is 0. The summed E-state index contributed by atoms with van der Waals surface area (Å²) in [6.07, 6.45) is 5.31. The Bertz CT molecular complexity index is 445. The normalized spacial score (nSPS) is 24.1. The standard InChI is InChI=1S/C18H27NO2/c1-2-15-5-7-16(8-6-15)17(20)18(9-3-4-10-18)19-11-13-21-14-12-19/h5-8,17,20H,2-4,9-14H2,1H3. The van der Waals surface area contributed by atoms with Gasteiger partial charge < -0.3 is 9.84 Å². The highest BCUT2D eigenvalue weighted by Crippen LogP contribution is 2.44. The third-order valence-electron chi connectivity index (χ3n) is 5.32. The maximum atomic E-state index is 11.1. The molecule has 1 unspecified atom stereocenters. The molecule has 0 amide bonds. The molecule has 0 radical (unpaired) electrons. The Morgan fingerprint density at radius 1 is 1.14 bits per heavy atom. The molecule has 1 aromatic carbocycles. The number of ether oxygens (including phenoxy) is 1. The number of morpholine rings is 1. The van der Waals surface area contributed by atoms with Crippen LogP contribution in [0.1, 0.15) is 49.8 Å². The van der Waals surface area contributed by atoms with E-state index in [0.29, 0.717) is 0 Å². The summed E-state index contributed by atoms with van der Waals surface area (Å²) in [6.45, 7) is 5.65. The van der Waals surface area contributed by atoms with Crippen molar-refractivity contribution in [3.8, 4) is 0 Å². The average molecular weight is 289 g/mol. The van der Waals surface area contributed by atoms with Crippen molar-refractivity contribution in [2.24, 2.45) is 0 Å². The van der Waals surface area contributed by atoms with Gasteiger partial charge in [0.1, 0.15) is 0 Å². The van der Waals surface area contributed by atoms with Gasteiger partial charge in [0.25, 0.3) is 0 Å². The van der Waals surface area contributed by atoms with Gasteiger partial charge >= 0.3 is 0 Å². The van der Waals surface area contributed by atoms with Crippen molar-refractivity contribution in [2.45, 2.75) is 50.7 Å². The second-order valence-electron chi connectivity index (χ2n) is 6.41. The fourth-order valence-corrected chi connectivity index (χ4v) is 4.00. The van der Waals surface area contributed by atoms with Crippen molar-refractivity contribution in [3.63, 3.8) is 0 Å². The van der Waals surface area contributed by atoms with E-state index in [2.05, 4.69) is 36.1 Å². The summed E-state index contributed by atoms with van der Waals surface area (Å²) in [4.78, 5) is 2.49. The van der Waals surface area contributed by atoms with Crippen molar-refractivity contribution >= 4 is 0 Å². The summed E-state index contributed by atoms with van der Waals surface area (Å²) in [5.41, 5.74) is 2.33. The van der Waals surface area contributed by atoms with Gasteiger partial charge in [0.05, 0.1) is 24.9 Å². The third kappa shape index (κ3) is 2.87. The number of aryl methyl sites for hydroxylation is 1. The van der Waals surface area contributed by atoms with Crippen molar-refractivity contribution in [1.82, 2.24) is 4.90 Å². The molecule has 0 aromatic heterocycles. The number of hydrogen-bond acceptors (Lipinski definition) is 3. The number of hydrogen-bond donors (Lipinski definition) is 1. The molecule has 1 N–H and O–H groups in total. The van der Waals surface area contributed by atoms with E-state index in [0.717, 1.165) is 51.1 Å². The molecule has 1 saturated carbocycles. The Morgan fingerprint density at radius 2 is 1.76 bits per heavy atom. The van der Waals surface area contributed by atoms with Crippen molar-refractivity contribution < 1.29 is 9.84 Å². The minimum absolute atomic E-state index is 0.0719. The number of nitrogens with zero attached hydrogens (tertiary/aromatic N) is 1. The van der Waals surface area contributed by atoms with Crippen LogP contribution in [0.5, 0.6) is 0 Å². The third-order valence-corrected chi connectivity index (χ3v) is 5.32. The molecule has 2 fully saturated rings. The van der Waals surface area contributed by atoms with E-state index in [1.165, 1.54) is 18.4 Å². The first-order valence-electron chi connectivity index (χ1n) is 8.36. The zero-order chi connectivity index (χ0) is 14.7. The molecule has 1 aliphatic carbocycles. The van der Waals surface area contributed by atoms with Gasteiger partial charge in [-0.15, -0.1) is 0 Å². The van der Waals surface area contributed by atoms with Crippen molar-refractivity contribution in [3.05, 3.63) is 35.4 Å². The second kappa shape index (κ2) is 6.47. The molecule has 116 valence electrons. The van der Waals surface area contributed by atoms with E-state index in [-0.39, 0.29) is 11.6 Å². The topological polar surface area (TPSA) is 32.7 Å². The van der Waals surface area contributed by atoms with Crippen molar-refractivity contribution in [1.29, 1.82) is 0 Å². The van der Waals surface area contributed by atoms with Crippen LogP contribution in [0.2, 0.25) is 0 Å². The molecule has 21 heavy (non-hydrogen) atoms. The lowest BCUT2D eigenvalue weighted by Gasteiger charge is -2.46. The van der Waals surface area contributed by atoms with Gasteiger partial charge in [0.2, 0.25) is 0 Å². The molecule has 0 spiro atoms. The number of rotatable bonds is 4. The number of benzene rings is 1. The van der Waals surface area contributed by atoms with Gasteiger partial charge in [-0.05, 0) is 30.4 Å². The van der Waals surface area contributed by atoms with E-state index >= 15 is 0 Å². The van der Waals surface area contributed by atoms with Gasteiger partial charge in [-0.25, -0.2) is 0 Å². The minimum atomic E-state index is -0.385. The molecule has 1 saturated heterocycles. The van der Waals surface area contributed by atoms with Crippen molar-refractivity contribution in [2.75, 3.05) is 26.3 Å². The Labute approximate surface area is 127 Å². The minimum Gasteiger partial charge on any atom is -0.386 e. The highest BCUT2D eigenvalue weighted by Gasteiger charge is 2.46. The first kappa shape index (κ1) is 15.0. The monoisotopic (exact) mass is 289 g/mol. The summed E-state index contributed by atoms with van der Waals surface area (Å²) < 4.78 is 5.50. The summed E-state index contributed by atoms with van der Waals surface area (Å²) >= 11 is 0. The fraction of sp³-hybridized carbons (Fsp3) is 0.667. The first-order valence-corrected chi connectivity index (χ1v) is 8.36. The van der Waals surface area contributed by atoms with Crippen LogP contribution in [0.3, 0.4) is 0 Å². The Kier molecular flexibility index (Phi) is 4.63. The SMILES string of the molecule is CCc1ccc(C(O)C2(N3CCOCC3)CCCC2)cc1. The van der Waals surface area contributed by atoms with Crippen LogP contribution in [0.25, 0.3) is 0 Å². The van der Waals surface area contributed by atoms with Crippen LogP contribution in [0.4, 0.5) is 0 Å². The molecule has 0 bridgehead atoms. The van der Waals surface area contributed by atoms with Crippen LogP contribution in [-0.4, -0.2) is 41.8 Å². The molecule has 1 atom stereocenters. The van der Waals surface area contributed by atoms with E-state index in [4.69, 9.17) is 4.74 Å². The maximum absolute atomic E-state index is 11.1. The molecular weight excluding hydrogens is 262 g/mol. The largest absolute Gasteiger partial charge is 0.386 e. The lowest BCUT2D eigenvalue weighted by atomic mass is 9.83. The fourth-order valence-electron chi connectivity index (χ4n) is 4.00. The average Bonchev–Trinajstić information content (AvgIpc) is 3.06. The lowest BCUT2D eigenvalue weighted by Crippen LogP contribution is -2.55. The van der Waals surface area contributed by atoms with Crippen LogP contribution >= 0.6 is 0 Å². The van der Waals surface area contributed by atoms with Gasteiger partial charge in [-0.3, -0.25) is 4.90 Å². The maximum Gasteiger partial charge on any atom is 0.0973 e. The number of aliphatic hydroxyl groups excluding tert-OH is 1. The Morgan fingerprint density at radius 3 is 2.33 bits per heavy atom. The van der Waals surface area contributed by atoms with Crippen LogP contribution in [0.15, 0.2) is 24.3 Å². The van der Waals surface area contributed by atoms with Crippen LogP contribution in [0, 0.1) is 0 Å². The second-order valence-corrected chi connectivity index (χ2v) is 6.41. The molecule has 1 aromatic rings.